The van der Waals surface area contributed by atoms with Crippen LogP contribution in [0.25, 0.3) is 10.9 Å². The summed E-state index contributed by atoms with van der Waals surface area (Å²) in [6.45, 7) is 2.37. The van der Waals surface area contributed by atoms with Gasteiger partial charge in [0.25, 0.3) is 0 Å². The molecule has 2 aromatic rings. The first-order valence-corrected chi connectivity index (χ1v) is 10.5. The molecule has 2 aliphatic heterocycles. The van der Waals surface area contributed by atoms with E-state index in [2.05, 4.69) is 21.3 Å². The number of halogens is 3. The topological polar surface area (TPSA) is 72.3 Å². The van der Waals surface area contributed by atoms with Gasteiger partial charge in [0.1, 0.15) is 6.04 Å². The lowest BCUT2D eigenvalue weighted by Crippen LogP contribution is -2.46. The number of nitrogens with zero attached hydrogens (tertiary/aromatic N) is 4. The molecule has 6 nitrogen and oxygen atoms in total. The summed E-state index contributed by atoms with van der Waals surface area (Å²) in [5.41, 5.74) is 0.387. The molecule has 0 spiro atoms. The molecule has 164 valence electrons. The van der Waals surface area contributed by atoms with Crippen LogP contribution in [0.2, 0.25) is 0 Å². The quantitative estimate of drug-likeness (QED) is 0.800. The maximum atomic E-state index is 13.1. The predicted octanol–water partition coefficient (Wildman–Crippen LogP) is 3.64. The van der Waals surface area contributed by atoms with Crippen LogP contribution in [0.15, 0.2) is 30.5 Å². The highest BCUT2D eigenvalue weighted by molar-refractivity contribution is 5.91. The number of amides is 1. The number of hydrogen-bond donors (Lipinski definition) is 1. The Labute approximate surface area is 178 Å². The minimum atomic E-state index is -4.44. The lowest BCUT2D eigenvalue weighted by Gasteiger charge is -2.33. The Morgan fingerprint density at radius 1 is 1.23 bits per heavy atom. The first kappa shape index (κ1) is 21.4. The third kappa shape index (κ3) is 4.74. The van der Waals surface area contributed by atoms with Crippen LogP contribution in [0, 0.1) is 11.3 Å². The van der Waals surface area contributed by atoms with E-state index in [4.69, 9.17) is 0 Å². The first-order chi connectivity index (χ1) is 14.8. The highest BCUT2D eigenvalue weighted by atomic mass is 19.4. The lowest BCUT2D eigenvalue weighted by molar-refractivity contribution is -0.137. The molecule has 0 aliphatic carbocycles. The van der Waals surface area contributed by atoms with Crippen molar-refractivity contribution >= 4 is 22.5 Å². The molecule has 2 aliphatic rings. The highest BCUT2D eigenvalue weighted by Crippen LogP contribution is 2.33. The fraction of sp³-hybridized carbons (Fsp3) is 0.500. The third-order valence-corrected chi connectivity index (χ3v) is 6.08. The van der Waals surface area contributed by atoms with Crippen LogP contribution in [0.3, 0.4) is 0 Å². The van der Waals surface area contributed by atoms with E-state index in [1.807, 2.05) is 0 Å². The average molecular weight is 431 g/mol. The molecular formula is C22H24F3N5O. The summed E-state index contributed by atoms with van der Waals surface area (Å²) >= 11 is 0. The molecule has 0 bridgehead atoms. The summed E-state index contributed by atoms with van der Waals surface area (Å²) in [7, 11) is 0. The Morgan fingerprint density at radius 3 is 2.71 bits per heavy atom. The summed E-state index contributed by atoms with van der Waals surface area (Å²) in [5.74, 6) is -0.00438. The van der Waals surface area contributed by atoms with Crippen molar-refractivity contribution in [3.8, 4) is 6.07 Å². The minimum Gasteiger partial charge on any atom is -0.382 e. The summed E-state index contributed by atoms with van der Waals surface area (Å²) in [4.78, 5) is 20.3. The van der Waals surface area contributed by atoms with Gasteiger partial charge in [0.05, 0.1) is 23.7 Å². The van der Waals surface area contributed by atoms with Crippen molar-refractivity contribution < 1.29 is 18.0 Å². The first-order valence-electron chi connectivity index (χ1n) is 10.5. The number of hydrogen-bond acceptors (Lipinski definition) is 5. The number of piperidine rings is 1. The van der Waals surface area contributed by atoms with Gasteiger partial charge < -0.3 is 10.2 Å². The van der Waals surface area contributed by atoms with Gasteiger partial charge in [-0.25, -0.2) is 0 Å². The summed E-state index contributed by atoms with van der Waals surface area (Å²) < 4.78 is 39.3. The van der Waals surface area contributed by atoms with Crippen molar-refractivity contribution in [2.75, 3.05) is 31.5 Å². The zero-order valence-corrected chi connectivity index (χ0v) is 17.0. The van der Waals surface area contributed by atoms with Crippen molar-refractivity contribution in [1.29, 1.82) is 5.26 Å². The fourth-order valence-corrected chi connectivity index (χ4v) is 4.37. The minimum absolute atomic E-state index is 0.00438. The third-order valence-electron chi connectivity index (χ3n) is 6.08. The largest absolute Gasteiger partial charge is 0.417 e. The van der Waals surface area contributed by atoms with Crippen molar-refractivity contribution in [2.45, 2.75) is 43.9 Å². The van der Waals surface area contributed by atoms with Crippen molar-refractivity contribution in [2.24, 2.45) is 0 Å². The van der Waals surface area contributed by atoms with E-state index in [9.17, 15) is 23.2 Å². The van der Waals surface area contributed by atoms with Gasteiger partial charge in [-0.1, -0.05) is 6.07 Å². The van der Waals surface area contributed by atoms with Gasteiger partial charge >= 0.3 is 6.18 Å². The SMILES string of the molecule is N#C[C@@H]1CCCN1C(=O)CN1CCC(Nc2cccc3ncc(C(F)(F)F)cc23)CC1. The molecule has 1 aromatic carbocycles. The monoisotopic (exact) mass is 431 g/mol. The molecule has 2 saturated heterocycles. The van der Waals surface area contributed by atoms with Crippen LogP contribution in [0.4, 0.5) is 18.9 Å². The Hall–Kier alpha value is -2.86. The van der Waals surface area contributed by atoms with Gasteiger partial charge in [-0.15, -0.1) is 0 Å². The maximum absolute atomic E-state index is 13.1. The number of nitrogens with one attached hydrogen (secondary N) is 1. The van der Waals surface area contributed by atoms with E-state index in [-0.39, 0.29) is 18.0 Å². The van der Waals surface area contributed by atoms with Gasteiger partial charge in [-0.05, 0) is 43.9 Å². The summed E-state index contributed by atoms with van der Waals surface area (Å²) in [6, 6.07) is 8.37. The van der Waals surface area contributed by atoms with Crippen molar-refractivity contribution in [1.82, 2.24) is 14.8 Å². The number of pyridine rings is 1. The van der Waals surface area contributed by atoms with Gasteiger partial charge in [0, 0.05) is 42.9 Å². The second-order valence-electron chi connectivity index (χ2n) is 8.16. The molecule has 1 aromatic heterocycles. The van der Waals surface area contributed by atoms with Gasteiger partial charge in [-0.2, -0.15) is 18.4 Å². The number of nitriles is 1. The number of rotatable bonds is 4. The van der Waals surface area contributed by atoms with E-state index in [1.165, 1.54) is 0 Å². The second kappa shape index (κ2) is 8.71. The van der Waals surface area contributed by atoms with E-state index in [0.29, 0.717) is 42.8 Å². The number of carbonyl (C=O) groups is 1. The molecule has 0 unspecified atom stereocenters. The molecular weight excluding hydrogens is 407 g/mol. The predicted molar refractivity (Wildman–Crippen MR) is 110 cm³/mol. The molecule has 3 heterocycles. The van der Waals surface area contributed by atoms with Crippen LogP contribution in [0.1, 0.15) is 31.2 Å². The van der Waals surface area contributed by atoms with Gasteiger partial charge in [0.2, 0.25) is 5.91 Å². The second-order valence-corrected chi connectivity index (χ2v) is 8.16. The van der Waals surface area contributed by atoms with Gasteiger partial charge in [0.15, 0.2) is 0 Å². The Bertz CT molecular complexity index is 995. The van der Waals surface area contributed by atoms with Crippen molar-refractivity contribution in [3.63, 3.8) is 0 Å². The number of alkyl halides is 3. The van der Waals surface area contributed by atoms with E-state index in [0.717, 1.165) is 37.9 Å². The molecule has 9 heteroatoms. The standard InChI is InChI=1S/C22H24F3N5O/c23-22(24,25)15-11-18-19(27-13-15)4-1-5-20(18)28-16-6-9-29(10-7-16)14-21(31)30-8-2-3-17(30)12-26/h1,4-5,11,13,16-17,28H,2-3,6-10,14H2/t17-/m0/s1. The van der Waals surface area contributed by atoms with E-state index < -0.39 is 11.7 Å². The van der Waals surface area contributed by atoms with E-state index >= 15 is 0 Å². The fourth-order valence-electron chi connectivity index (χ4n) is 4.37. The van der Waals surface area contributed by atoms with Crippen LogP contribution in [0.5, 0.6) is 0 Å². The molecule has 4 rings (SSSR count). The molecule has 2 fully saturated rings. The van der Waals surface area contributed by atoms with Crippen LogP contribution in [-0.2, 0) is 11.0 Å². The average Bonchev–Trinajstić information content (AvgIpc) is 3.23. The highest BCUT2D eigenvalue weighted by Gasteiger charge is 2.32. The zero-order valence-electron chi connectivity index (χ0n) is 17.0. The Balaban J connectivity index is 1.37. The number of benzene rings is 1. The number of aromatic nitrogens is 1. The summed E-state index contributed by atoms with van der Waals surface area (Å²) in [5, 5.41) is 13.0. The zero-order chi connectivity index (χ0) is 22.0. The number of carbonyl (C=O) groups excluding carboxylic acids is 1. The number of anilines is 1. The maximum Gasteiger partial charge on any atom is 0.417 e. The number of likely N-dealkylation sites (tertiary alicyclic amines) is 2. The number of fused-ring (bicyclic) bond motifs is 1. The lowest BCUT2D eigenvalue weighted by atomic mass is 10.0. The smallest absolute Gasteiger partial charge is 0.382 e. The van der Waals surface area contributed by atoms with Crippen LogP contribution in [-0.4, -0.2) is 59.0 Å². The van der Waals surface area contributed by atoms with Crippen LogP contribution >= 0.6 is 0 Å². The van der Waals surface area contributed by atoms with Crippen LogP contribution < -0.4 is 5.32 Å². The van der Waals surface area contributed by atoms with Gasteiger partial charge in [-0.3, -0.25) is 14.7 Å². The Kier molecular flexibility index (Phi) is 6.01. The molecule has 1 N–H and O–H groups in total. The summed E-state index contributed by atoms with van der Waals surface area (Å²) in [6.07, 6.45) is -0.420. The van der Waals surface area contributed by atoms with Crippen molar-refractivity contribution in [3.05, 3.63) is 36.0 Å². The normalized spacial score (nSPS) is 20.7. The molecule has 31 heavy (non-hydrogen) atoms. The molecule has 1 amide bonds. The molecule has 0 radical (unpaired) electrons. The Morgan fingerprint density at radius 2 is 2.00 bits per heavy atom. The molecule has 1 atom stereocenters. The van der Waals surface area contributed by atoms with E-state index in [1.54, 1.807) is 23.1 Å². The molecule has 0 saturated carbocycles.